The van der Waals surface area contributed by atoms with Gasteiger partial charge >= 0.3 is 5.92 Å². The smallest absolute Gasteiger partial charge is 0.296 e. The first-order valence-electron chi connectivity index (χ1n) is 4.89. The van der Waals surface area contributed by atoms with Gasteiger partial charge in [0.2, 0.25) is 0 Å². The minimum Gasteiger partial charge on any atom is -0.296 e. The Labute approximate surface area is 88.1 Å². The van der Waals surface area contributed by atoms with Gasteiger partial charge in [-0.05, 0) is 24.0 Å². The van der Waals surface area contributed by atoms with Gasteiger partial charge in [-0.2, -0.15) is 8.78 Å². The first-order chi connectivity index (χ1) is 6.95. The molecule has 0 N–H and O–H groups in total. The molecule has 0 heterocycles. The molecule has 0 spiro atoms. The van der Waals surface area contributed by atoms with Crippen LogP contribution in [0, 0.1) is 5.92 Å². The fraction of sp³-hybridized carbons (Fsp3) is 0.417. The Kier molecular flexibility index (Phi) is 3.56. The van der Waals surface area contributed by atoms with Gasteiger partial charge in [0, 0.05) is 5.56 Å². The van der Waals surface area contributed by atoms with Crippen molar-refractivity contribution in [3.8, 4) is 0 Å². The molecule has 1 rings (SSSR count). The Morgan fingerprint density at radius 1 is 1.40 bits per heavy atom. The number of rotatable bonds is 4. The lowest BCUT2D eigenvalue weighted by Gasteiger charge is -2.11. The fourth-order valence-electron chi connectivity index (χ4n) is 1.45. The van der Waals surface area contributed by atoms with Gasteiger partial charge in [0.05, 0.1) is 0 Å². The SMILES string of the molecule is CC(C)Cc1cccc(C(F)(F)C=O)c1. The Balaban J connectivity index is 2.97. The number of carbonyl (C=O) groups excluding carboxylic acids is 1. The maximum atomic E-state index is 13.0. The highest BCUT2D eigenvalue weighted by Gasteiger charge is 2.30. The minimum absolute atomic E-state index is 0.226. The summed E-state index contributed by atoms with van der Waals surface area (Å²) in [6, 6.07) is 6.03. The second-order valence-corrected chi connectivity index (χ2v) is 4.04. The number of alkyl halides is 2. The molecule has 82 valence electrons. The summed E-state index contributed by atoms with van der Waals surface area (Å²) in [6.07, 6.45) is 0.421. The molecule has 1 aromatic carbocycles. The molecule has 0 atom stereocenters. The van der Waals surface area contributed by atoms with Crippen LogP contribution in [0.15, 0.2) is 24.3 Å². The van der Waals surface area contributed by atoms with Gasteiger partial charge in [-0.15, -0.1) is 0 Å². The molecule has 0 bridgehead atoms. The fourth-order valence-corrected chi connectivity index (χ4v) is 1.45. The molecule has 1 nitrogen and oxygen atoms in total. The third kappa shape index (κ3) is 3.11. The van der Waals surface area contributed by atoms with E-state index in [4.69, 9.17) is 0 Å². The van der Waals surface area contributed by atoms with E-state index < -0.39 is 5.92 Å². The number of hydrogen-bond acceptors (Lipinski definition) is 1. The van der Waals surface area contributed by atoms with Crippen molar-refractivity contribution < 1.29 is 13.6 Å². The normalized spacial score (nSPS) is 11.8. The molecule has 0 aliphatic carbocycles. The van der Waals surface area contributed by atoms with Gasteiger partial charge < -0.3 is 0 Å². The van der Waals surface area contributed by atoms with E-state index in [9.17, 15) is 13.6 Å². The summed E-state index contributed by atoms with van der Waals surface area (Å²) in [5, 5.41) is 0. The Morgan fingerprint density at radius 2 is 2.07 bits per heavy atom. The average Bonchev–Trinajstić information content (AvgIpc) is 2.17. The lowest BCUT2D eigenvalue weighted by Crippen LogP contribution is -2.15. The van der Waals surface area contributed by atoms with Gasteiger partial charge in [-0.3, -0.25) is 4.79 Å². The molecular formula is C12H14F2O. The molecule has 0 aromatic heterocycles. The summed E-state index contributed by atoms with van der Waals surface area (Å²) in [5.41, 5.74) is 0.611. The number of halogens is 2. The van der Waals surface area contributed by atoms with Crippen LogP contribution >= 0.6 is 0 Å². The van der Waals surface area contributed by atoms with Gasteiger partial charge in [0.25, 0.3) is 0 Å². The second-order valence-electron chi connectivity index (χ2n) is 4.04. The monoisotopic (exact) mass is 212 g/mol. The van der Waals surface area contributed by atoms with Crippen LogP contribution in [0.25, 0.3) is 0 Å². The maximum Gasteiger partial charge on any atom is 0.327 e. The number of hydrogen-bond donors (Lipinski definition) is 0. The molecule has 0 fully saturated rings. The first kappa shape index (κ1) is 11.8. The predicted molar refractivity (Wildman–Crippen MR) is 54.9 cm³/mol. The van der Waals surface area contributed by atoms with E-state index in [0.29, 0.717) is 5.92 Å². The van der Waals surface area contributed by atoms with E-state index in [1.165, 1.54) is 12.1 Å². The van der Waals surface area contributed by atoms with E-state index in [0.717, 1.165) is 12.0 Å². The predicted octanol–water partition coefficient (Wildman–Crippen LogP) is 3.18. The van der Waals surface area contributed by atoms with Gasteiger partial charge in [0.15, 0.2) is 6.29 Å². The topological polar surface area (TPSA) is 17.1 Å². The quantitative estimate of drug-likeness (QED) is 0.700. The largest absolute Gasteiger partial charge is 0.327 e. The molecule has 0 amide bonds. The molecule has 0 aliphatic rings. The van der Waals surface area contributed by atoms with Gasteiger partial charge in [-0.25, -0.2) is 0 Å². The van der Waals surface area contributed by atoms with Crippen molar-refractivity contribution in [1.29, 1.82) is 0 Å². The Morgan fingerprint density at radius 3 is 2.60 bits per heavy atom. The summed E-state index contributed by atoms with van der Waals surface area (Å²) in [7, 11) is 0. The number of carbonyl (C=O) groups is 1. The zero-order valence-electron chi connectivity index (χ0n) is 8.84. The van der Waals surface area contributed by atoms with Crippen molar-refractivity contribution in [2.45, 2.75) is 26.2 Å². The van der Waals surface area contributed by atoms with E-state index in [-0.39, 0.29) is 11.8 Å². The maximum absolute atomic E-state index is 13.0. The summed E-state index contributed by atoms with van der Waals surface area (Å²) in [6.45, 7) is 4.04. The molecule has 15 heavy (non-hydrogen) atoms. The van der Waals surface area contributed by atoms with Gasteiger partial charge in [0.1, 0.15) is 0 Å². The molecular weight excluding hydrogens is 198 g/mol. The number of aldehydes is 1. The van der Waals surface area contributed by atoms with Crippen molar-refractivity contribution in [1.82, 2.24) is 0 Å². The molecule has 1 aromatic rings. The van der Waals surface area contributed by atoms with Crippen LogP contribution in [0.3, 0.4) is 0 Å². The van der Waals surface area contributed by atoms with Crippen molar-refractivity contribution in [3.63, 3.8) is 0 Å². The standard InChI is InChI=1S/C12H14F2O/c1-9(2)6-10-4-3-5-11(7-10)12(13,14)8-15/h3-5,7-9H,6H2,1-2H3. The van der Waals surface area contributed by atoms with Crippen LogP contribution in [0.4, 0.5) is 8.78 Å². The second kappa shape index (κ2) is 4.51. The molecule has 0 aliphatic heterocycles. The summed E-state index contributed by atoms with van der Waals surface area (Å²) < 4.78 is 26.1. The van der Waals surface area contributed by atoms with Crippen molar-refractivity contribution in [3.05, 3.63) is 35.4 Å². The highest BCUT2D eigenvalue weighted by atomic mass is 19.3. The van der Waals surface area contributed by atoms with Crippen molar-refractivity contribution in [2.75, 3.05) is 0 Å². The van der Waals surface area contributed by atoms with E-state index in [1.54, 1.807) is 12.1 Å². The van der Waals surface area contributed by atoms with Crippen LogP contribution < -0.4 is 0 Å². The van der Waals surface area contributed by atoms with E-state index in [1.807, 2.05) is 13.8 Å². The molecule has 0 radical (unpaired) electrons. The summed E-state index contributed by atoms with van der Waals surface area (Å²) >= 11 is 0. The Bertz CT molecular complexity index is 345. The third-order valence-corrected chi connectivity index (χ3v) is 2.10. The zero-order chi connectivity index (χ0) is 11.5. The molecule has 0 unspecified atom stereocenters. The first-order valence-corrected chi connectivity index (χ1v) is 4.89. The van der Waals surface area contributed by atoms with Crippen LogP contribution in [0.5, 0.6) is 0 Å². The summed E-state index contributed by atoms with van der Waals surface area (Å²) in [5.74, 6) is -2.96. The Hall–Kier alpha value is -1.25. The van der Waals surface area contributed by atoms with Crippen LogP contribution in [0.2, 0.25) is 0 Å². The lowest BCUT2D eigenvalue weighted by atomic mass is 9.99. The number of benzene rings is 1. The van der Waals surface area contributed by atoms with E-state index in [2.05, 4.69) is 0 Å². The van der Waals surface area contributed by atoms with Crippen LogP contribution in [0.1, 0.15) is 25.0 Å². The molecule has 0 saturated carbocycles. The zero-order valence-corrected chi connectivity index (χ0v) is 8.84. The third-order valence-electron chi connectivity index (χ3n) is 2.10. The minimum atomic E-state index is -3.37. The van der Waals surface area contributed by atoms with Crippen molar-refractivity contribution in [2.24, 2.45) is 5.92 Å². The lowest BCUT2D eigenvalue weighted by molar-refractivity contribution is -0.130. The highest BCUT2D eigenvalue weighted by Crippen LogP contribution is 2.26. The summed E-state index contributed by atoms with van der Waals surface area (Å²) in [4.78, 5) is 10.2. The van der Waals surface area contributed by atoms with Crippen molar-refractivity contribution >= 4 is 6.29 Å². The average molecular weight is 212 g/mol. The molecule has 3 heteroatoms. The van der Waals surface area contributed by atoms with Gasteiger partial charge in [-0.1, -0.05) is 32.0 Å². The van der Waals surface area contributed by atoms with Crippen LogP contribution in [-0.4, -0.2) is 6.29 Å². The van der Waals surface area contributed by atoms with E-state index >= 15 is 0 Å². The van der Waals surface area contributed by atoms with Crippen LogP contribution in [-0.2, 0) is 17.1 Å². The molecule has 0 saturated heterocycles. The highest BCUT2D eigenvalue weighted by molar-refractivity contribution is 5.63.